The van der Waals surface area contributed by atoms with E-state index in [1.54, 1.807) is 7.11 Å². The van der Waals surface area contributed by atoms with Crippen LogP contribution < -0.4 is 5.32 Å². The summed E-state index contributed by atoms with van der Waals surface area (Å²) >= 11 is 1.91. The van der Waals surface area contributed by atoms with Crippen molar-refractivity contribution in [2.24, 2.45) is 0 Å². The highest BCUT2D eigenvalue weighted by molar-refractivity contribution is 7.99. The number of aliphatic hydroxyl groups is 1. The van der Waals surface area contributed by atoms with Crippen LogP contribution in [0.2, 0.25) is 0 Å². The zero-order valence-electron chi connectivity index (χ0n) is 13.5. The summed E-state index contributed by atoms with van der Waals surface area (Å²) in [7, 11) is 1.71. The summed E-state index contributed by atoms with van der Waals surface area (Å²) in [5.41, 5.74) is 2.25. The number of methoxy groups -OCH3 is 1. The van der Waals surface area contributed by atoms with E-state index in [1.807, 2.05) is 17.8 Å². The molecule has 1 unspecified atom stereocenters. The molecule has 0 spiro atoms. The van der Waals surface area contributed by atoms with Crippen molar-refractivity contribution < 1.29 is 9.84 Å². The highest BCUT2D eigenvalue weighted by atomic mass is 32.2. The molecular formula is C17H29NO2S. The second-order valence-electron chi connectivity index (χ2n) is 5.29. The Morgan fingerprint density at radius 3 is 2.81 bits per heavy atom. The van der Waals surface area contributed by atoms with Gasteiger partial charge in [-0.2, -0.15) is 0 Å². The van der Waals surface area contributed by atoms with Crippen molar-refractivity contribution in [3.63, 3.8) is 0 Å². The molecule has 0 heterocycles. The Morgan fingerprint density at radius 1 is 1.33 bits per heavy atom. The first kappa shape index (κ1) is 18.5. The molecule has 0 saturated heterocycles. The van der Waals surface area contributed by atoms with Gasteiger partial charge in [0.15, 0.2) is 0 Å². The van der Waals surface area contributed by atoms with E-state index in [9.17, 15) is 5.11 Å². The number of nitrogens with one attached hydrogen (secondary N) is 1. The maximum Gasteiger partial charge on any atom is 0.0914 e. The monoisotopic (exact) mass is 311 g/mol. The molecule has 0 saturated carbocycles. The first-order chi connectivity index (χ1) is 10.2. The Kier molecular flexibility index (Phi) is 9.76. The van der Waals surface area contributed by atoms with E-state index in [2.05, 4.69) is 31.3 Å². The van der Waals surface area contributed by atoms with Gasteiger partial charge in [0.1, 0.15) is 0 Å². The largest absolute Gasteiger partial charge is 0.387 e. The third kappa shape index (κ3) is 7.32. The van der Waals surface area contributed by atoms with Crippen LogP contribution in [0.1, 0.15) is 43.4 Å². The van der Waals surface area contributed by atoms with Crippen LogP contribution in [0.15, 0.2) is 23.1 Å². The van der Waals surface area contributed by atoms with Crippen LogP contribution in [0.4, 0.5) is 0 Å². The number of benzene rings is 1. The minimum Gasteiger partial charge on any atom is -0.387 e. The number of hydrogen-bond donors (Lipinski definition) is 2. The predicted molar refractivity (Wildman–Crippen MR) is 91.1 cm³/mol. The van der Waals surface area contributed by atoms with Crippen molar-refractivity contribution in [1.82, 2.24) is 5.32 Å². The lowest BCUT2D eigenvalue weighted by Gasteiger charge is -2.14. The first-order valence-electron chi connectivity index (χ1n) is 7.80. The number of rotatable bonds is 11. The normalized spacial score (nSPS) is 12.6. The Morgan fingerprint density at radius 2 is 2.14 bits per heavy atom. The molecular weight excluding hydrogens is 282 g/mol. The fourth-order valence-corrected chi connectivity index (χ4v) is 3.17. The van der Waals surface area contributed by atoms with E-state index in [-0.39, 0.29) is 0 Å². The number of hydrogen-bond acceptors (Lipinski definition) is 4. The highest BCUT2D eigenvalue weighted by Crippen LogP contribution is 2.26. The van der Waals surface area contributed by atoms with Gasteiger partial charge in [0.05, 0.1) is 6.10 Å². The van der Waals surface area contributed by atoms with Crippen LogP contribution >= 0.6 is 11.8 Å². The fraction of sp³-hybridized carbons (Fsp3) is 0.647. The van der Waals surface area contributed by atoms with Crippen molar-refractivity contribution in [1.29, 1.82) is 0 Å². The lowest BCUT2D eigenvalue weighted by Crippen LogP contribution is -2.23. The summed E-state index contributed by atoms with van der Waals surface area (Å²) in [6.07, 6.45) is 3.01. The average molecular weight is 311 g/mol. The molecule has 120 valence electrons. The van der Waals surface area contributed by atoms with E-state index in [1.165, 1.54) is 29.1 Å². The van der Waals surface area contributed by atoms with E-state index >= 15 is 0 Å². The minimum absolute atomic E-state index is 0.444. The van der Waals surface area contributed by atoms with Crippen molar-refractivity contribution >= 4 is 11.8 Å². The highest BCUT2D eigenvalue weighted by Gasteiger charge is 2.09. The fourth-order valence-electron chi connectivity index (χ4n) is 2.07. The molecule has 0 bridgehead atoms. The Labute approximate surface area is 133 Å². The number of thioether (sulfide) groups is 1. The number of aliphatic hydroxyl groups excluding tert-OH is 1. The Balaban J connectivity index is 2.42. The predicted octanol–water partition coefficient (Wildman–Crippen LogP) is 3.55. The van der Waals surface area contributed by atoms with Gasteiger partial charge in [-0.25, -0.2) is 0 Å². The van der Waals surface area contributed by atoms with Crippen LogP contribution in [0.25, 0.3) is 0 Å². The molecule has 21 heavy (non-hydrogen) atoms. The van der Waals surface area contributed by atoms with E-state index in [0.717, 1.165) is 25.1 Å². The lowest BCUT2D eigenvalue weighted by atomic mass is 10.1. The molecule has 0 aromatic heterocycles. The van der Waals surface area contributed by atoms with Gasteiger partial charge < -0.3 is 15.2 Å². The number of aryl methyl sites for hydroxylation is 1. The van der Waals surface area contributed by atoms with Gasteiger partial charge in [0, 0.05) is 25.2 Å². The van der Waals surface area contributed by atoms with Gasteiger partial charge in [0.2, 0.25) is 0 Å². The van der Waals surface area contributed by atoms with Gasteiger partial charge in [0.25, 0.3) is 0 Å². The second kappa shape index (κ2) is 11.1. The van der Waals surface area contributed by atoms with E-state index in [4.69, 9.17) is 4.74 Å². The third-order valence-electron chi connectivity index (χ3n) is 3.38. The standard InChI is InChI=1S/C17H29NO2S/c1-4-5-11-21-17-8-7-15(12-14(17)2)16(19)13-18-9-6-10-20-3/h7-8,12,16,18-19H,4-6,9-11,13H2,1-3H3. The molecule has 3 nitrogen and oxygen atoms in total. The Bertz CT molecular complexity index is 398. The average Bonchev–Trinajstić information content (AvgIpc) is 2.48. The van der Waals surface area contributed by atoms with Gasteiger partial charge >= 0.3 is 0 Å². The van der Waals surface area contributed by atoms with Gasteiger partial charge in [-0.1, -0.05) is 25.5 Å². The molecule has 1 rings (SSSR count). The SMILES string of the molecule is CCCCSc1ccc(C(O)CNCCCOC)cc1C. The zero-order valence-corrected chi connectivity index (χ0v) is 14.3. The molecule has 0 aliphatic rings. The molecule has 0 aliphatic heterocycles. The third-order valence-corrected chi connectivity index (χ3v) is 4.64. The van der Waals surface area contributed by atoms with Crippen LogP contribution in [-0.2, 0) is 4.74 Å². The molecule has 0 aliphatic carbocycles. The summed E-state index contributed by atoms with van der Waals surface area (Å²) in [4.78, 5) is 1.33. The van der Waals surface area contributed by atoms with Crippen molar-refractivity contribution in [3.05, 3.63) is 29.3 Å². The Hall–Kier alpha value is -0.550. The molecule has 1 atom stereocenters. The van der Waals surface area contributed by atoms with Crippen molar-refractivity contribution in [2.75, 3.05) is 32.6 Å². The molecule has 4 heteroatoms. The van der Waals surface area contributed by atoms with E-state index in [0.29, 0.717) is 6.54 Å². The zero-order chi connectivity index (χ0) is 15.5. The molecule has 1 aromatic carbocycles. The van der Waals surface area contributed by atoms with Gasteiger partial charge in [-0.3, -0.25) is 0 Å². The molecule has 0 radical (unpaired) electrons. The number of ether oxygens (including phenoxy) is 1. The van der Waals surface area contributed by atoms with Crippen LogP contribution in [0, 0.1) is 6.92 Å². The first-order valence-corrected chi connectivity index (χ1v) is 8.78. The quantitative estimate of drug-likeness (QED) is 0.484. The van der Waals surface area contributed by atoms with Crippen LogP contribution in [0.3, 0.4) is 0 Å². The molecule has 0 fully saturated rings. The summed E-state index contributed by atoms with van der Waals surface area (Å²) in [5, 5.41) is 13.5. The second-order valence-corrected chi connectivity index (χ2v) is 6.43. The van der Waals surface area contributed by atoms with Crippen LogP contribution in [0.5, 0.6) is 0 Å². The smallest absolute Gasteiger partial charge is 0.0914 e. The minimum atomic E-state index is -0.444. The maximum absolute atomic E-state index is 10.2. The van der Waals surface area contributed by atoms with Crippen molar-refractivity contribution in [3.8, 4) is 0 Å². The van der Waals surface area contributed by atoms with Gasteiger partial charge in [-0.05, 0) is 49.3 Å². The lowest BCUT2D eigenvalue weighted by molar-refractivity contribution is 0.168. The molecule has 2 N–H and O–H groups in total. The summed E-state index contributed by atoms with van der Waals surface area (Å²) in [6, 6.07) is 6.29. The topological polar surface area (TPSA) is 41.5 Å². The molecule has 0 amide bonds. The summed E-state index contributed by atoms with van der Waals surface area (Å²) < 4.78 is 5.00. The molecule has 1 aromatic rings. The summed E-state index contributed by atoms with van der Waals surface area (Å²) in [5.74, 6) is 1.17. The maximum atomic E-state index is 10.2. The number of unbranched alkanes of at least 4 members (excludes halogenated alkanes) is 1. The van der Waals surface area contributed by atoms with Gasteiger partial charge in [-0.15, -0.1) is 11.8 Å². The van der Waals surface area contributed by atoms with E-state index < -0.39 is 6.10 Å². The van der Waals surface area contributed by atoms with Crippen LogP contribution in [-0.4, -0.2) is 37.7 Å². The van der Waals surface area contributed by atoms with Crippen molar-refractivity contribution in [2.45, 2.75) is 44.1 Å². The summed E-state index contributed by atoms with van der Waals surface area (Å²) in [6.45, 7) is 6.55.